The summed E-state index contributed by atoms with van der Waals surface area (Å²) in [4.78, 5) is 25.3. The van der Waals surface area contributed by atoms with Gasteiger partial charge in [-0.05, 0) is 44.4 Å². The standard InChI is InChI=1S/C22H23N3OS/c1-15-21(27-20(24-15)14-17-8-4-3-5-9-17)22(26)25(18-11-12-18)16(2)19-10-6-7-13-23-19/h3-10,13,16,18H,11-12,14H2,1-2H3. The van der Waals surface area contributed by atoms with Crippen molar-refractivity contribution in [1.29, 1.82) is 0 Å². The Hall–Kier alpha value is -2.53. The molecule has 4 rings (SSSR count). The Morgan fingerprint density at radius 3 is 2.59 bits per heavy atom. The summed E-state index contributed by atoms with van der Waals surface area (Å²) in [6, 6.07) is 16.4. The molecule has 2 heterocycles. The van der Waals surface area contributed by atoms with Crippen LogP contribution < -0.4 is 0 Å². The lowest BCUT2D eigenvalue weighted by molar-refractivity contribution is 0.0674. The molecule has 4 nitrogen and oxygen atoms in total. The Morgan fingerprint density at radius 1 is 1.19 bits per heavy atom. The Balaban J connectivity index is 1.59. The predicted octanol–water partition coefficient (Wildman–Crippen LogP) is 4.80. The molecule has 0 radical (unpaired) electrons. The lowest BCUT2D eigenvalue weighted by atomic mass is 10.1. The molecule has 3 aromatic rings. The highest BCUT2D eigenvalue weighted by Gasteiger charge is 2.38. The van der Waals surface area contributed by atoms with E-state index in [9.17, 15) is 4.79 Å². The molecule has 2 aromatic heterocycles. The highest BCUT2D eigenvalue weighted by atomic mass is 32.1. The summed E-state index contributed by atoms with van der Waals surface area (Å²) in [6.45, 7) is 4.01. The van der Waals surface area contributed by atoms with Gasteiger partial charge in [0.25, 0.3) is 5.91 Å². The summed E-state index contributed by atoms with van der Waals surface area (Å²) in [5.41, 5.74) is 2.98. The van der Waals surface area contributed by atoms with Crippen LogP contribution in [-0.4, -0.2) is 26.8 Å². The van der Waals surface area contributed by atoms with Crippen molar-refractivity contribution in [2.75, 3.05) is 0 Å². The second kappa shape index (κ2) is 7.61. The second-order valence-electron chi connectivity index (χ2n) is 7.06. The van der Waals surface area contributed by atoms with Gasteiger partial charge in [-0.3, -0.25) is 9.78 Å². The summed E-state index contributed by atoms with van der Waals surface area (Å²) in [5, 5.41) is 0.989. The van der Waals surface area contributed by atoms with Crippen LogP contribution in [-0.2, 0) is 6.42 Å². The number of pyridine rings is 1. The first kappa shape index (κ1) is 17.9. The van der Waals surface area contributed by atoms with E-state index in [-0.39, 0.29) is 11.9 Å². The van der Waals surface area contributed by atoms with Gasteiger partial charge in [0, 0.05) is 18.7 Å². The lowest BCUT2D eigenvalue weighted by Crippen LogP contribution is -2.35. The van der Waals surface area contributed by atoms with Crippen molar-refractivity contribution in [1.82, 2.24) is 14.9 Å². The number of amides is 1. The van der Waals surface area contributed by atoms with Gasteiger partial charge in [-0.15, -0.1) is 11.3 Å². The molecule has 27 heavy (non-hydrogen) atoms. The molecule has 0 spiro atoms. The number of rotatable bonds is 6. The summed E-state index contributed by atoms with van der Waals surface area (Å²) in [6.07, 6.45) is 4.69. The molecule has 1 aliphatic rings. The smallest absolute Gasteiger partial charge is 0.266 e. The van der Waals surface area contributed by atoms with E-state index in [0.717, 1.165) is 40.5 Å². The molecule has 5 heteroatoms. The van der Waals surface area contributed by atoms with Crippen molar-refractivity contribution >= 4 is 17.2 Å². The number of carbonyl (C=O) groups is 1. The van der Waals surface area contributed by atoms with E-state index in [1.165, 1.54) is 16.9 Å². The van der Waals surface area contributed by atoms with E-state index < -0.39 is 0 Å². The molecule has 1 fully saturated rings. The van der Waals surface area contributed by atoms with E-state index in [1.54, 1.807) is 6.20 Å². The van der Waals surface area contributed by atoms with Crippen molar-refractivity contribution in [3.05, 3.63) is 81.6 Å². The van der Waals surface area contributed by atoms with Crippen molar-refractivity contribution in [3.8, 4) is 0 Å². The molecule has 1 atom stereocenters. The van der Waals surface area contributed by atoms with Crippen LogP contribution in [0.25, 0.3) is 0 Å². The first-order valence-corrected chi connectivity index (χ1v) is 10.2. The Kier molecular flexibility index (Phi) is 5.03. The Labute approximate surface area is 163 Å². The van der Waals surface area contributed by atoms with Gasteiger partial charge in [0.1, 0.15) is 4.88 Å². The largest absolute Gasteiger partial charge is 0.327 e. The number of aryl methyl sites for hydroxylation is 1. The number of hydrogen-bond acceptors (Lipinski definition) is 4. The van der Waals surface area contributed by atoms with Gasteiger partial charge >= 0.3 is 0 Å². The molecular weight excluding hydrogens is 354 g/mol. The predicted molar refractivity (Wildman–Crippen MR) is 108 cm³/mol. The number of aromatic nitrogens is 2. The monoisotopic (exact) mass is 377 g/mol. The minimum atomic E-state index is -0.0368. The maximum Gasteiger partial charge on any atom is 0.266 e. The zero-order valence-corrected chi connectivity index (χ0v) is 16.4. The van der Waals surface area contributed by atoms with Crippen molar-refractivity contribution in [3.63, 3.8) is 0 Å². The first-order valence-electron chi connectivity index (χ1n) is 9.37. The third-order valence-corrected chi connectivity index (χ3v) is 6.09. The zero-order valence-electron chi connectivity index (χ0n) is 15.6. The minimum Gasteiger partial charge on any atom is -0.327 e. The molecule has 1 aromatic carbocycles. The highest BCUT2D eigenvalue weighted by Crippen LogP contribution is 2.36. The molecule has 0 bridgehead atoms. The SMILES string of the molecule is Cc1nc(Cc2ccccc2)sc1C(=O)N(C1CC1)C(C)c1ccccn1. The quantitative estimate of drug-likeness (QED) is 0.620. The maximum atomic E-state index is 13.4. The highest BCUT2D eigenvalue weighted by molar-refractivity contribution is 7.13. The van der Waals surface area contributed by atoms with Gasteiger partial charge in [-0.2, -0.15) is 0 Å². The average Bonchev–Trinajstić information content (AvgIpc) is 3.45. The maximum absolute atomic E-state index is 13.4. The van der Waals surface area contributed by atoms with E-state index in [4.69, 9.17) is 0 Å². The second-order valence-corrected chi connectivity index (χ2v) is 8.14. The van der Waals surface area contributed by atoms with Crippen molar-refractivity contribution in [2.24, 2.45) is 0 Å². The van der Waals surface area contributed by atoms with E-state index in [1.807, 2.05) is 48.2 Å². The van der Waals surface area contributed by atoms with Gasteiger partial charge < -0.3 is 4.90 Å². The van der Waals surface area contributed by atoms with Crippen LogP contribution in [0.1, 0.15) is 57.4 Å². The van der Waals surface area contributed by atoms with Crippen LogP contribution in [0.15, 0.2) is 54.7 Å². The number of benzene rings is 1. The third kappa shape index (κ3) is 3.93. The molecule has 1 amide bonds. The minimum absolute atomic E-state index is 0.0368. The summed E-state index contributed by atoms with van der Waals surface area (Å²) >= 11 is 1.53. The topological polar surface area (TPSA) is 46.1 Å². The fourth-order valence-electron chi connectivity index (χ4n) is 3.39. The van der Waals surface area contributed by atoms with Gasteiger partial charge in [0.2, 0.25) is 0 Å². The molecule has 0 N–H and O–H groups in total. The average molecular weight is 378 g/mol. The van der Waals surface area contributed by atoms with Crippen LogP contribution in [0.5, 0.6) is 0 Å². The fourth-order valence-corrected chi connectivity index (χ4v) is 4.43. The molecule has 1 unspecified atom stereocenters. The van der Waals surface area contributed by atoms with Crippen LogP contribution >= 0.6 is 11.3 Å². The molecule has 0 saturated heterocycles. The van der Waals surface area contributed by atoms with Crippen LogP contribution in [0, 0.1) is 6.92 Å². The lowest BCUT2D eigenvalue weighted by Gasteiger charge is -2.28. The normalized spacial score (nSPS) is 14.7. The third-order valence-electron chi connectivity index (χ3n) is 4.94. The Bertz CT molecular complexity index is 919. The number of carbonyl (C=O) groups excluding carboxylic acids is 1. The Morgan fingerprint density at radius 2 is 1.93 bits per heavy atom. The van der Waals surface area contributed by atoms with Crippen molar-refractivity contribution < 1.29 is 4.79 Å². The van der Waals surface area contributed by atoms with E-state index in [0.29, 0.717) is 6.04 Å². The van der Waals surface area contributed by atoms with Gasteiger partial charge in [0.15, 0.2) is 0 Å². The molecular formula is C22H23N3OS. The zero-order chi connectivity index (χ0) is 18.8. The number of nitrogens with zero attached hydrogens (tertiary/aromatic N) is 3. The fraction of sp³-hybridized carbons (Fsp3) is 0.318. The molecule has 0 aliphatic heterocycles. The summed E-state index contributed by atoms with van der Waals surface area (Å²) < 4.78 is 0. The van der Waals surface area contributed by atoms with Gasteiger partial charge in [-0.25, -0.2) is 4.98 Å². The summed E-state index contributed by atoms with van der Waals surface area (Å²) in [7, 11) is 0. The number of thiazole rings is 1. The van der Waals surface area contributed by atoms with Gasteiger partial charge in [0.05, 0.1) is 22.4 Å². The van der Waals surface area contributed by atoms with Crippen LogP contribution in [0.3, 0.4) is 0 Å². The molecule has 1 saturated carbocycles. The van der Waals surface area contributed by atoms with E-state index in [2.05, 4.69) is 29.0 Å². The van der Waals surface area contributed by atoms with Crippen LogP contribution in [0.2, 0.25) is 0 Å². The van der Waals surface area contributed by atoms with Crippen LogP contribution in [0.4, 0.5) is 0 Å². The number of hydrogen-bond donors (Lipinski definition) is 0. The molecule has 1 aliphatic carbocycles. The molecule has 138 valence electrons. The van der Waals surface area contributed by atoms with E-state index >= 15 is 0 Å². The van der Waals surface area contributed by atoms with Crippen molar-refractivity contribution in [2.45, 2.75) is 45.2 Å². The summed E-state index contributed by atoms with van der Waals surface area (Å²) in [5.74, 6) is 0.0879. The van der Waals surface area contributed by atoms with Gasteiger partial charge in [-0.1, -0.05) is 36.4 Å². The first-order chi connectivity index (χ1) is 13.1.